The molecule has 2 rings (SSSR count). The van der Waals surface area contributed by atoms with E-state index in [1.54, 1.807) is 11.3 Å². The van der Waals surface area contributed by atoms with E-state index < -0.39 is 0 Å². The van der Waals surface area contributed by atoms with Crippen LogP contribution in [0.4, 0.5) is 5.13 Å². The number of thiazole rings is 1. The molecule has 0 spiro atoms. The van der Waals surface area contributed by atoms with E-state index in [1.165, 1.54) is 5.56 Å². The van der Waals surface area contributed by atoms with Crippen molar-refractivity contribution in [2.45, 2.75) is 20.0 Å². The quantitative estimate of drug-likeness (QED) is 0.879. The summed E-state index contributed by atoms with van der Waals surface area (Å²) in [7, 11) is 0. The fraction of sp³-hybridized carbons (Fsp3) is 0.333. The summed E-state index contributed by atoms with van der Waals surface area (Å²) in [6.07, 6.45) is 3.63. The van der Waals surface area contributed by atoms with Gasteiger partial charge in [-0.2, -0.15) is 0 Å². The van der Waals surface area contributed by atoms with Gasteiger partial charge in [0.1, 0.15) is 0 Å². The molecule has 0 aliphatic heterocycles. The van der Waals surface area contributed by atoms with Crippen molar-refractivity contribution in [3.05, 3.63) is 41.2 Å². The second-order valence-electron chi connectivity index (χ2n) is 3.70. The summed E-state index contributed by atoms with van der Waals surface area (Å²) in [4.78, 5) is 10.8. The Bertz CT molecular complexity index is 455. The molecule has 0 saturated heterocycles. The molecule has 5 heteroatoms. The molecule has 0 bridgehead atoms. The molecule has 0 aliphatic carbocycles. The molecule has 90 valence electrons. The molecule has 2 N–H and O–H groups in total. The molecule has 0 amide bonds. The summed E-state index contributed by atoms with van der Waals surface area (Å²) < 4.78 is 0. The van der Waals surface area contributed by atoms with Crippen LogP contribution in [0.15, 0.2) is 29.9 Å². The van der Waals surface area contributed by atoms with Gasteiger partial charge in [-0.25, -0.2) is 4.98 Å². The number of anilines is 1. The van der Waals surface area contributed by atoms with Crippen LogP contribution in [0.2, 0.25) is 0 Å². The van der Waals surface area contributed by atoms with Gasteiger partial charge in [-0.05, 0) is 24.6 Å². The predicted octanol–water partition coefficient (Wildman–Crippen LogP) is 2.02. The van der Waals surface area contributed by atoms with Gasteiger partial charge in [-0.15, -0.1) is 11.3 Å². The van der Waals surface area contributed by atoms with Crippen molar-refractivity contribution in [3.8, 4) is 0 Å². The van der Waals surface area contributed by atoms with Crippen molar-refractivity contribution in [1.29, 1.82) is 0 Å². The lowest BCUT2D eigenvalue weighted by Crippen LogP contribution is -2.21. The average molecular weight is 248 g/mol. The van der Waals surface area contributed by atoms with E-state index in [9.17, 15) is 0 Å². The highest BCUT2D eigenvalue weighted by Gasteiger charge is 2.09. The van der Waals surface area contributed by atoms with Crippen LogP contribution in [0.3, 0.4) is 0 Å². The molecule has 0 unspecified atom stereocenters. The first-order valence-electron chi connectivity index (χ1n) is 5.61. The smallest absolute Gasteiger partial charge is 0.185 e. The second-order valence-corrected chi connectivity index (χ2v) is 4.53. The number of aromatic nitrogens is 2. The zero-order valence-electron chi connectivity index (χ0n) is 9.84. The number of nitrogens with two attached hydrogens (primary N) is 1. The fourth-order valence-corrected chi connectivity index (χ4v) is 2.46. The van der Waals surface area contributed by atoms with E-state index in [2.05, 4.69) is 21.8 Å². The largest absolute Gasteiger partial charge is 0.344 e. The molecule has 17 heavy (non-hydrogen) atoms. The predicted molar refractivity (Wildman–Crippen MR) is 71.0 cm³/mol. The molecule has 2 aromatic rings. The highest BCUT2D eigenvalue weighted by atomic mass is 32.1. The maximum atomic E-state index is 5.57. The number of rotatable bonds is 5. The van der Waals surface area contributed by atoms with Crippen molar-refractivity contribution >= 4 is 16.5 Å². The maximum absolute atomic E-state index is 5.57. The lowest BCUT2D eigenvalue weighted by Gasteiger charge is -2.19. The van der Waals surface area contributed by atoms with Crippen molar-refractivity contribution in [3.63, 3.8) is 0 Å². The van der Waals surface area contributed by atoms with Crippen LogP contribution < -0.4 is 10.6 Å². The van der Waals surface area contributed by atoms with Crippen molar-refractivity contribution < 1.29 is 0 Å². The van der Waals surface area contributed by atoms with E-state index in [1.807, 2.05) is 29.9 Å². The van der Waals surface area contributed by atoms with Gasteiger partial charge in [0.05, 0.1) is 5.69 Å². The van der Waals surface area contributed by atoms with Gasteiger partial charge in [0, 0.05) is 37.4 Å². The highest BCUT2D eigenvalue weighted by Crippen LogP contribution is 2.21. The van der Waals surface area contributed by atoms with Crippen LogP contribution in [-0.4, -0.2) is 16.5 Å². The zero-order chi connectivity index (χ0) is 12.1. The molecule has 2 heterocycles. The minimum absolute atomic E-state index is 0.503. The average Bonchev–Trinajstić information content (AvgIpc) is 2.86. The normalized spacial score (nSPS) is 10.5. The van der Waals surface area contributed by atoms with Crippen LogP contribution >= 0.6 is 11.3 Å². The van der Waals surface area contributed by atoms with Crippen LogP contribution in [0.5, 0.6) is 0 Å². The Morgan fingerprint density at radius 1 is 1.35 bits per heavy atom. The van der Waals surface area contributed by atoms with E-state index in [-0.39, 0.29) is 0 Å². The molecular weight excluding hydrogens is 232 g/mol. The molecular formula is C12H16N4S. The van der Waals surface area contributed by atoms with Crippen molar-refractivity contribution in [1.82, 2.24) is 9.97 Å². The third-order valence-electron chi connectivity index (χ3n) is 2.52. The molecule has 0 atom stereocenters. The van der Waals surface area contributed by atoms with Gasteiger partial charge in [-0.3, -0.25) is 4.98 Å². The fourth-order valence-electron chi connectivity index (χ4n) is 1.56. The van der Waals surface area contributed by atoms with Crippen LogP contribution in [0.25, 0.3) is 0 Å². The summed E-state index contributed by atoms with van der Waals surface area (Å²) in [5, 5.41) is 3.05. The Morgan fingerprint density at radius 2 is 2.12 bits per heavy atom. The second kappa shape index (κ2) is 5.75. The third-order valence-corrected chi connectivity index (χ3v) is 3.47. The summed E-state index contributed by atoms with van der Waals surface area (Å²) in [5.41, 5.74) is 7.77. The molecule has 0 saturated carbocycles. The molecule has 0 aliphatic rings. The molecule has 0 aromatic carbocycles. The third kappa shape index (κ3) is 3.01. The molecule has 4 nitrogen and oxygen atoms in total. The zero-order valence-corrected chi connectivity index (χ0v) is 10.7. The first-order valence-corrected chi connectivity index (χ1v) is 6.49. The number of pyridine rings is 1. The van der Waals surface area contributed by atoms with E-state index in [0.717, 1.165) is 23.9 Å². The monoisotopic (exact) mass is 248 g/mol. The standard InChI is InChI=1S/C12H16N4S/c1-2-16(8-10-3-5-14-6-4-10)12-15-11(7-13)9-17-12/h3-6,9H,2,7-8,13H2,1H3. The Morgan fingerprint density at radius 3 is 2.71 bits per heavy atom. The maximum Gasteiger partial charge on any atom is 0.185 e. The SMILES string of the molecule is CCN(Cc1ccncc1)c1nc(CN)cs1. The van der Waals surface area contributed by atoms with Crippen LogP contribution in [0, 0.1) is 0 Å². The van der Waals surface area contributed by atoms with Crippen LogP contribution in [0.1, 0.15) is 18.2 Å². The van der Waals surface area contributed by atoms with Gasteiger partial charge < -0.3 is 10.6 Å². The van der Waals surface area contributed by atoms with Gasteiger partial charge >= 0.3 is 0 Å². The Labute approximate surface area is 105 Å². The Balaban J connectivity index is 2.11. The Hall–Kier alpha value is -1.46. The molecule has 2 aromatic heterocycles. The van der Waals surface area contributed by atoms with E-state index in [4.69, 9.17) is 5.73 Å². The summed E-state index contributed by atoms with van der Waals surface area (Å²) >= 11 is 1.65. The van der Waals surface area contributed by atoms with Crippen molar-refractivity contribution in [2.75, 3.05) is 11.4 Å². The number of hydrogen-bond acceptors (Lipinski definition) is 5. The number of nitrogens with zero attached hydrogens (tertiary/aromatic N) is 3. The lowest BCUT2D eigenvalue weighted by molar-refractivity contribution is 0.819. The van der Waals surface area contributed by atoms with Crippen molar-refractivity contribution in [2.24, 2.45) is 5.73 Å². The van der Waals surface area contributed by atoms with Gasteiger partial charge in [-0.1, -0.05) is 0 Å². The first-order chi connectivity index (χ1) is 8.33. The van der Waals surface area contributed by atoms with Gasteiger partial charge in [0.25, 0.3) is 0 Å². The summed E-state index contributed by atoms with van der Waals surface area (Å²) in [6, 6.07) is 4.06. The molecule has 0 fully saturated rings. The lowest BCUT2D eigenvalue weighted by atomic mass is 10.2. The highest BCUT2D eigenvalue weighted by molar-refractivity contribution is 7.13. The summed E-state index contributed by atoms with van der Waals surface area (Å²) in [5.74, 6) is 0. The summed E-state index contributed by atoms with van der Waals surface area (Å²) in [6.45, 7) is 4.42. The first kappa shape index (κ1) is 12.0. The van der Waals surface area contributed by atoms with E-state index in [0.29, 0.717) is 6.54 Å². The van der Waals surface area contributed by atoms with Gasteiger partial charge in [0.15, 0.2) is 5.13 Å². The minimum atomic E-state index is 0.503. The topological polar surface area (TPSA) is 55.0 Å². The van der Waals surface area contributed by atoms with Crippen LogP contribution in [-0.2, 0) is 13.1 Å². The minimum Gasteiger partial charge on any atom is -0.344 e. The number of hydrogen-bond donors (Lipinski definition) is 1. The molecule has 0 radical (unpaired) electrons. The van der Waals surface area contributed by atoms with E-state index >= 15 is 0 Å². The van der Waals surface area contributed by atoms with Gasteiger partial charge in [0.2, 0.25) is 0 Å². The Kier molecular flexibility index (Phi) is 4.06.